The Balaban J connectivity index is 2.35. The van der Waals surface area contributed by atoms with Gasteiger partial charge in [0.1, 0.15) is 5.75 Å². The Bertz CT molecular complexity index is 407. The molecule has 6 heteroatoms. The number of rotatable bonds is 10. The average molecular weight is 297 g/mol. The lowest BCUT2D eigenvalue weighted by Gasteiger charge is -2.15. The fourth-order valence-electron chi connectivity index (χ4n) is 1.69. The number of hydrogen-bond acceptors (Lipinski definition) is 5. The second kappa shape index (κ2) is 10.1. The highest BCUT2D eigenvalue weighted by atomic mass is 16.5. The SMILES string of the molecule is CCOCCO[C@H](CO)CC(=O)Nc1ccc(OC)cc1. The molecule has 0 fully saturated rings. The molecule has 6 nitrogen and oxygen atoms in total. The molecule has 0 bridgehead atoms. The van der Waals surface area contributed by atoms with E-state index in [-0.39, 0.29) is 18.9 Å². The molecule has 1 amide bonds. The summed E-state index contributed by atoms with van der Waals surface area (Å²) in [4.78, 5) is 11.9. The van der Waals surface area contributed by atoms with Gasteiger partial charge in [0.05, 0.1) is 39.5 Å². The van der Waals surface area contributed by atoms with Gasteiger partial charge in [0.15, 0.2) is 0 Å². The van der Waals surface area contributed by atoms with Gasteiger partial charge in [0.25, 0.3) is 0 Å². The molecule has 1 aromatic carbocycles. The molecular weight excluding hydrogens is 274 g/mol. The Morgan fingerprint density at radius 3 is 2.57 bits per heavy atom. The Kier molecular flexibility index (Phi) is 8.42. The van der Waals surface area contributed by atoms with Crippen LogP contribution in [0.3, 0.4) is 0 Å². The van der Waals surface area contributed by atoms with Crippen molar-refractivity contribution in [3.8, 4) is 5.75 Å². The van der Waals surface area contributed by atoms with Gasteiger partial charge in [-0.15, -0.1) is 0 Å². The molecular formula is C15H23NO5. The van der Waals surface area contributed by atoms with Crippen LogP contribution in [0.5, 0.6) is 5.75 Å². The fraction of sp³-hybridized carbons (Fsp3) is 0.533. The quantitative estimate of drug-likeness (QED) is 0.639. The topological polar surface area (TPSA) is 77.0 Å². The second-order valence-electron chi connectivity index (χ2n) is 4.35. The first kappa shape index (κ1) is 17.4. The van der Waals surface area contributed by atoms with Crippen molar-refractivity contribution in [1.29, 1.82) is 0 Å². The van der Waals surface area contributed by atoms with Gasteiger partial charge in [-0.3, -0.25) is 4.79 Å². The molecule has 0 aliphatic carbocycles. The van der Waals surface area contributed by atoms with Crippen LogP contribution < -0.4 is 10.1 Å². The van der Waals surface area contributed by atoms with Crippen molar-refractivity contribution < 1.29 is 24.1 Å². The van der Waals surface area contributed by atoms with Crippen LogP contribution in [-0.2, 0) is 14.3 Å². The van der Waals surface area contributed by atoms with E-state index >= 15 is 0 Å². The molecule has 0 radical (unpaired) electrons. The molecule has 21 heavy (non-hydrogen) atoms. The summed E-state index contributed by atoms with van der Waals surface area (Å²) in [6, 6.07) is 7.02. The van der Waals surface area contributed by atoms with E-state index in [0.29, 0.717) is 25.5 Å². The molecule has 0 saturated carbocycles. The molecule has 0 unspecified atom stereocenters. The zero-order chi connectivity index (χ0) is 15.5. The van der Waals surface area contributed by atoms with E-state index in [1.165, 1.54) is 0 Å². The maximum Gasteiger partial charge on any atom is 0.227 e. The van der Waals surface area contributed by atoms with E-state index < -0.39 is 6.10 Å². The first-order valence-electron chi connectivity index (χ1n) is 6.93. The summed E-state index contributed by atoms with van der Waals surface area (Å²) in [5.41, 5.74) is 0.673. The Hall–Kier alpha value is -1.63. The molecule has 0 spiro atoms. The minimum atomic E-state index is -0.524. The van der Waals surface area contributed by atoms with E-state index in [9.17, 15) is 9.90 Å². The lowest BCUT2D eigenvalue weighted by atomic mass is 10.2. The highest BCUT2D eigenvalue weighted by molar-refractivity contribution is 5.91. The Labute approximate surface area is 125 Å². The average Bonchev–Trinajstić information content (AvgIpc) is 2.51. The normalized spacial score (nSPS) is 12.0. The van der Waals surface area contributed by atoms with Crippen molar-refractivity contribution in [2.24, 2.45) is 0 Å². The monoisotopic (exact) mass is 297 g/mol. The first-order valence-corrected chi connectivity index (χ1v) is 6.93. The number of carbonyl (C=O) groups is 1. The van der Waals surface area contributed by atoms with Crippen LogP contribution >= 0.6 is 0 Å². The summed E-state index contributed by atoms with van der Waals surface area (Å²) in [7, 11) is 1.58. The van der Waals surface area contributed by atoms with Crippen molar-refractivity contribution in [2.75, 3.05) is 38.9 Å². The standard InChI is InChI=1S/C15H23NO5/c1-3-20-8-9-21-14(11-17)10-15(18)16-12-4-6-13(19-2)7-5-12/h4-7,14,17H,3,8-11H2,1-2H3,(H,16,18)/t14-/m0/s1. The molecule has 0 heterocycles. The predicted octanol–water partition coefficient (Wildman–Crippen LogP) is 1.44. The largest absolute Gasteiger partial charge is 0.497 e. The summed E-state index contributed by atoms with van der Waals surface area (Å²) in [6.07, 6.45) is -0.432. The van der Waals surface area contributed by atoms with Gasteiger partial charge in [0, 0.05) is 12.3 Å². The number of carbonyl (C=O) groups excluding carboxylic acids is 1. The molecule has 0 aromatic heterocycles. The van der Waals surface area contributed by atoms with Gasteiger partial charge in [-0.2, -0.15) is 0 Å². The molecule has 2 N–H and O–H groups in total. The van der Waals surface area contributed by atoms with Crippen molar-refractivity contribution in [3.63, 3.8) is 0 Å². The summed E-state index contributed by atoms with van der Waals surface area (Å²) in [5.74, 6) is 0.510. The maximum atomic E-state index is 11.9. The molecule has 1 rings (SSSR count). The van der Waals surface area contributed by atoms with Crippen LogP contribution in [0.25, 0.3) is 0 Å². The number of hydrogen-bond donors (Lipinski definition) is 2. The number of methoxy groups -OCH3 is 1. The third-order valence-electron chi connectivity index (χ3n) is 2.78. The van der Waals surface area contributed by atoms with Gasteiger partial charge < -0.3 is 24.6 Å². The molecule has 1 aromatic rings. The zero-order valence-electron chi connectivity index (χ0n) is 12.5. The summed E-state index contributed by atoms with van der Waals surface area (Å²) >= 11 is 0. The summed E-state index contributed by atoms with van der Waals surface area (Å²) < 4.78 is 15.6. The van der Waals surface area contributed by atoms with Gasteiger partial charge in [-0.1, -0.05) is 0 Å². The second-order valence-corrected chi connectivity index (χ2v) is 4.35. The van der Waals surface area contributed by atoms with Crippen LogP contribution in [0.4, 0.5) is 5.69 Å². The molecule has 118 valence electrons. The molecule has 1 atom stereocenters. The summed E-state index contributed by atoms with van der Waals surface area (Å²) in [5, 5.41) is 11.9. The lowest BCUT2D eigenvalue weighted by molar-refractivity contribution is -0.120. The highest BCUT2D eigenvalue weighted by Gasteiger charge is 2.13. The highest BCUT2D eigenvalue weighted by Crippen LogP contribution is 2.15. The van der Waals surface area contributed by atoms with Crippen LogP contribution in [0.1, 0.15) is 13.3 Å². The third-order valence-corrected chi connectivity index (χ3v) is 2.78. The fourth-order valence-corrected chi connectivity index (χ4v) is 1.69. The van der Waals surface area contributed by atoms with Crippen LogP contribution in [0.15, 0.2) is 24.3 Å². The Morgan fingerprint density at radius 1 is 1.29 bits per heavy atom. The zero-order valence-corrected chi connectivity index (χ0v) is 12.5. The minimum Gasteiger partial charge on any atom is -0.497 e. The smallest absolute Gasteiger partial charge is 0.227 e. The molecule has 0 aliphatic rings. The van der Waals surface area contributed by atoms with E-state index in [4.69, 9.17) is 14.2 Å². The number of nitrogens with one attached hydrogen (secondary N) is 1. The number of benzene rings is 1. The number of aliphatic hydroxyl groups excluding tert-OH is 1. The van der Waals surface area contributed by atoms with Gasteiger partial charge in [-0.05, 0) is 31.2 Å². The Morgan fingerprint density at radius 2 is 2.00 bits per heavy atom. The first-order chi connectivity index (χ1) is 10.2. The van der Waals surface area contributed by atoms with Crippen LogP contribution in [-0.4, -0.2) is 50.7 Å². The number of aliphatic hydroxyl groups is 1. The number of anilines is 1. The van der Waals surface area contributed by atoms with Crippen molar-refractivity contribution in [1.82, 2.24) is 0 Å². The van der Waals surface area contributed by atoms with E-state index in [2.05, 4.69) is 5.32 Å². The van der Waals surface area contributed by atoms with Crippen molar-refractivity contribution in [2.45, 2.75) is 19.4 Å². The third kappa shape index (κ3) is 7.08. The minimum absolute atomic E-state index is 0.0919. The van der Waals surface area contributed by atoms with Crippen molar-refractivity contribution in [3.05, 3.63) is 24.3 Å². The molecule has 0 saturated heterocycles. The van der Waals surface area contributed by atoms with E-state index in [1.54, 1.807) is 31.4 Å². The lowest BCUT2D eigenvalue weighted by Crippen LogP contribution is -2.26. The van der Waals surface area contributed by atoms with Crippen LogP contribution in [0.2, 0.25) is 0 Å². The van der Waals surface area contributed by atoms with Gasteiger partial charge in [-0.25, -0.2) is 0 Å². The maximum absolute atomic E-state index is 11.9. The van der Waals surface area contributed by atoms with Gasteiger partial charge >= 0.3 is 0 Å². The van der Waals surface area contributed by atoms with Crippen LogP contribution in [0, 0.1) is 0 Å². The number of ether oxygens (including phenoxy) is 3. The van der Waals surface area contributed by atoms with E-state index in [0.717, 1.165) is 5.75 Å². The number of amides is 1. The van der Waals surface area contributed by atoms with Crippen molar-refractivity contribution >= 4 is 11.6 Å². The summed E-state index contributed by atoms with van der Waals surface area (Å²) in [6.45, 7) is 3.11. The molecule has 0 aliphatic heterocycles. The predicted molar refractivity (Wildman–Crippen MR) is 79.6 cm³/mol. The van der Waals surface area contributed by atoms with E-state index in [1.807, 2.05) is 6.92 Å². The van der Waals surface area contributed by atoms with Gasteiger partial charge in [0.2, 0.25) is 5.91 Å².